The summed E-state index contributed by atoms with van der Waals surface area (Å²) in [6, 6.07) is 6.90. The summed E-state index contributed by atoms with van der Waals surface area (Å²) in [4.78, 5) is 8.70. The van der Waals surface area contributed by atoms with E-state index < -0.39 is 0 Å². The van der Waals surface area contributed by atoms with E-state index in [1.165, 1.54) is 6.20 Å². The summed E-state index contributed by atoms with van der Waals surface area (Å²) in [6.45, 7) is 0. The first-order valence-corrected chi connectivity index (χ1v) is 7.66. The SMILES string of the molecule is CNc1ccc(Oc2cc(-c3cn(C)cn3)cnc2C=CN)c(O)c1. The number of phenolic OH excluding ortho intramolecular Hbond substituents is 1. The molecule has 0 amide bonds. The largest absolute Gasteiger partial charge is 0.504 e. The van der Waals surface area contributed by atoms with Crippen molar-refractivity contribution in [3.63, 3.8) is 0 Å². The molecule has 0 atom stereocenters. The zero-order valence-corrected chi connectivity index (χ0v) is 14.0. The fraction of sp³-hybridized carbons (Fsp3) is 0.111. The van der Waals surface area contributed by atoms with Crippen LogP contribution in [0.2, 0.25) is 0 Å². The number of pyridine rings is 1. The molecule has 0 aliphatic rings. The normalized spacial score (nSPS) is 11.0. The van der Waals surface area contributed by atoms with Crippen LogP contribution in [0.1, 0.15) is 5.69 Å². The highest BCUT2D eigenvalue weighted by molar-refractivity contribution is 5.65. The van der Waals surface area contributed by atoms with Crippen LogP contribution in [0.3, 0.4) is 0 Å². The highest BCUT2D eigenvalue weighted by atomic mass is 16.5. The number of aryl methyl sites for hydroxylation is 1. The van der Waals surface area contributed by atoms with E-state index in [2.05, 4.69) is 15.3 Å². The van der Waals surface area contributed by atoms with E-state index in [-0.39, 0.29) is 5.75 Å². The average Bonchev–Trinajstić information content (AvgIpc) is 3.04. The summed E-state index contributed by atoms with van der Waals surface area (Å²) >= 11 is 0. The van der Waals surface area contributed by atoms with Gasteiger partial charge in [-0.15, -0.1) is 0 Å². The van der Waals surface area contributed by atoms with Gasteiger partial charge in [0.25, 0.3) is 0 Å². The van der Waals surface area contributed by atoms with Gasteiger partial charge >= 0.3 is 0 Å². The Kier molecular flexibility index (Phi) is 4.56. The van der Waals surface area contributed by atoms with Crippen LogP contribution in [0.4, 0.5) is 5.69 Å². The van der Waals surface area contributed by atoms with Crippen molar-refractivity contribution in [1.29, 1.82) is 0 Å². The van der Waals surface area contributed by atoms with E-state index in [4.69, 9.17) is 10.5 Å². The Morgan fingerprint density at radius 2 is 2.08 bits per heavy atom. The Bertz CT molecular complexity index is 918. The molecule has 0 fully saturated rings. The van der Waals surface area contributed by atoms with Gasteiger partial charge in [-0.2, -0.15) is 0 Å². The third-order valence-corrected chi connectivity index (χ3v) is 3.60. The molecule has 1 aromatic carbocycles. The predicted molar refractivity (Wildman–Crippen MR) is 97.4 cm³/mol. The molecule has 0 bridgehead atoms. The number of hydrogen-bond donors (Lipinski definition) is 3. The molecule has 3 rings (SSSR count). The van der Waals surface area contributed by atoms with Crippen LogP contribution in [0.5, 0.6) is 17.2 Å². The van der Waals surface area contributed by atoms with Gasteiger partial charge in [0.1, 0.15) is 5.69 Å². The van der Waals surface area contributed by atoms with E-state index in [1.807, 2.05) is 29.9 Å². The molecule has 7 nitrogen and oxygen atoms in total. The number of rotatable bonds is 5. The minimum atomic E-state index is 0.0257. The smallest absolute Gasteiger partial charge is 0.169 e. The molecule has 2 aromatic heterocycles. The fourth-order valence-corrected chi connectivity index (χ4v) is 2.33. The first-order chi connectivity index (χ1) is 12.1. The lowest BCUT2D eigenvalue weighted by Gasteiger charge is -2.12. The Morgan fingerprint density at radius 3 is 2.72 bits per heavy atom. The van der Waals surface area contributed by atoms with Gasteiger partial charge in [-0.1, -0.05) is 0 Å². The third kappa shape index (κ3) is 3.55. The number of imidazole rings is 1. The number of aromatic nitrogens is 3. The molecule has 128 valence electrons. The Hall–Kier alpha value is -3.48. The van der Waals surface area contributed by atoms with Crippen molar-refractivity contribution < 1.29 is 9.84 Å². The number of ether oxygens (including phenoxy) is 1. The summed E-state index contributed by atoms with van der Waals surface area (Å²) in [5.41, 5.74) is 8.41. The summed E-state index contributed by atoms with van der Waals surface area (Å²) in [5, 5.41) is 13.1. The molecule has 4 N–H and O–H groups in total. The lowest BCUT2D eigenvalue weighted by molar-refractivity contribution is 0.410. The number of anilines is 1. The van der Waals surface area contributed by atoms with Crippen LogP contribution in [-0.4, -0.2) is 26.7 Å². The number of hydrogen-bond acceptors (Lipinski definition) is 6. The van der Waals surface area contributed by atoms with Crippen molar-refractivity contribution in [2.24, 2.45) is 12.8 Å². The van der Waals surface area contributed by atoms with Gasteiger partial charge in [0.15, 0.2) is 17.2 Å². The van der Waals surface area contributed by atoms with Crippen molar-refractivity contribution >= 4 is 11.8 Å². The van der Waals surface area contributed by atoms with E-state index in [1.54, 1.807) is 37.8 Å². The second-order valence-corrected chi connectivity index (χ2v) is 5.43. The number of nitrogens with two attached hydrogens (primary N) is 1. The zero-order chi connectivity index (χ0) is 17.8. The lowest BCUT2D eigenvalue weighted by atomic mass is 10.2. The summed E-state index contributed by atoms with van der Waals surface area (Å²) in [6.07, 6.45) is 8.33. The first kappa shape index (κ1) is 16.4. The molecule has 0 spiro atoms. The number of phenols is 1. The predicted octanol–water partition coefficient (Wildman–Crippen LogP) is 2.95. The van der Waals surface area contributed by atoms with Crippen LogP contribution in [0.25, 0.3) is 17.3 Å². The van der Waals surface area contributed by atoms with Crippen molar-refractivity contribution in [2.45, 2.75) is 0 Å². The molecule has 0 unspecified atom stereocenters. The molecule has 7 heteroatoms. The summed E-state index contributed by atoms with van der Waals surface area (Å²) in [5.74, 6) is 0.820. The Morgan fingerprint density at radius 1 is 1.24 bits per heavy atom. The van der Waals surface area contributed by atoms with E-state index in [0.29, 0.717) is 17.2 Å². The standard InChI is InChI=1S/C18H19N5O2/c1-20-13-3-4-17(16(24)8-13)25-18-7-12(9-21-14(18)5-6-19)15-10-23(2)11-22-15/h3-11,20,24H,19H2,1-2H3. The molecular formula is C18H19N5O2. The number of benzene rings is 1. The average molecular weight is 337 g/mol. The van der Waals surface area contributed by atoms with Gasteiger partial charge in [0.05, 0.1) is 12.0 Å². The van der Waals surface area contributed by atoms with Crippen LogP contribution in [0, 0.1) is 0 Å². The van der Waals surface area contributed by atoms with Crippen LogP contribution in [-0.2, 0) is 7.05 Å². The zero-order valence-electron chi connectivity index (χ0n) is 14.0. The van der Waals surface area contributed by atoms with Gasteiger partial charge in [-0.25, -0.2) is 4.98 Å². The molecule has 0 saturated heterocycles. The number of aromatic hydroxyl groups is 1. The molecule has 0 aliphatic heterocycles. The Balaban J connectivity index is 2.00. The van der Waals surface area contributed by atoms with Gasteiger partial charge in [0, 0.05) is 43.8 Å². The number of nitrogens with zero attached hydrogens (tertiary/aromatic N) is 3. The molecule has 3 aromatic rings. The van der Waals surface area contributed by atoms with E-state index in [0.717, 1.165) is 16.9 Å². The second-order valence-electron chi connectivity index (χ2n) is 5.43. The van der Waals surface area contributed by atoms with Crippen molar-refractivity contribution in [3.05, 3.63) is 54.9 Å². The highest BCUT2D eigenvalue weighted by Crippen LogP contribution is 2.35. The third-order valence-electron chi connectivity index (χ3n) is 3.60. The second kappa shape index (κ2) is 6.96. The molecular weight excluding hydrogens is 318 g/mol. The number of nitrogens with one attached hydrogen (secondary N) is 1. The topological polar surface area (TPSA) is 98.2 Å². The summed E-state index contributed by atoms with van der Waals surface area (Å²) < 4.78 is 7.73. The minimum absolute atomic E-state index is 0.0257. The van der Waals surface area contributed by atoms with Crippen molar-refractivity contribution in [2.75, 3.05) is 12.4 Å². The maximum atomic E-state index is 10.2. The van der Waals surface area contributed by atoms with Gasteiger partial charge in [-0.05, 0) is 30.5 Å². The van der Waals surface area contributed by atoms with Gasteiger partial charge < -0.3 is 25.5 Å². The van der Waals surface area contributed by atoms with E-state index >= 15 is 0 Å². The lowest BCUT2D eigenvalue weighted by Crippen LogP contribution is -1.94. The molecule has 0 saturated carbocycles. The molecule has 0 aliphatic carbocycles. The van der Waals surface area contributed by atoms with E-state index in [9.17, 15) is 5.11 Å². The fourth-order valence-electron chi connectivity index (χ4n) is 2.33. The summed E-state index contributed by atoms with van der Waals surface area (Å²) in [7, 11) is 3.67. The maximum Gasteiger partial charge on any atom is 0.169 e. The van der Waals surface area contributed by atoms with Gasteiger partial charge in [0.2, 0.25) is 0 Å². The Labute approximate surface area is 145 Å². The maximum absolute atomic E-state index is 10.2. The van der Waals surface area contributed by atoms with Crippen LogP contribution < -0.4 is 15.8 Å². The molecule has 2 heterocycles. The first-order valence-electron chi connectivity index (χ1n) is 7.66. The minimum Gasteiger partial charge on any atom is -0.504 e. The molecule has 25 heavy (non-hydrogen) atoms. The highest BCUT2D eigenvalue weighted by Gasteiger charge is 2.12. The van der Waals surface area contributed by atoms with Gasteiger partial charge in [-0.3, -0.25) is 4.98 Å². The van der Waals surface area contributed by atoms with Crippen LogP contribution in [0.15, 0.2) is 49.2 Å². The van der Waals surface area contributed by atoms with Crippen LogP contribution >= 0.6 is 0 Å². The van der Waals surface area contributed by atoms with Crippen molar-refractivity contribution in [3.8, 4) is 28.5 Å². The quantitative estimate of drug-likeness (QED) is 0.662. The van der Waals surface area contributed by atoms with Crippen molar-refractivity contribution in [1.82, 2.24) is 14.5 Å². The monoisotopic (exact) mass is 337 g/mol. The molecule has 0 radical (unpaired) electrons.